The molecule has 7 heteroatoms. The molecule has 0 aromatic rings. The molecular weight excluding hydrogens is 472 g/mol. The molecule has 0 radical (unpaired) electrons. The highest BCUT2D eigenvalue weighted by atomic mass is 16.8. The summed E-state index contributed by atoms with van der Waals surface area (Å²) in [4.78, 5) is 14.4. The van der Waals surface area contributed by atoms with Gasteiger partial charge in [-0.05, 0) is 68.4 Å². The van der Waals surface area contributed by atoms with Gasteiger partial charge in [-0.3, -0.25) is 4.79 Å². The summed E-state index contributed by atoms with van der Waals surface area (Å²) in [7, 11) is 0. The molecule has 37 heavy (non-hydrogen) atoms. The second-order valence-corrected chi connectivity index (χ2v) is 13.8. The maximum absolute atomic E-state index is 14.4. The van der Waals surface area contributed by atoms with E-state index in [2.05, 4.69) is 27.4 Å². The third kappa shape index (κ3) is 2.69. The average molecular weight is 515 g/mol. The second kappa shape index (κ2) is 7.48. The molecular formula is C30H42O7. The first-order valence-corrected chi connectivity index (χ1v) is 14.4. The van der Waals surface area contributed by atoms with Gasteiger partial charge in [0, 0.05) is 18.3 Å². The number of hydrogen-bond donors (Lipinski definition) is 1. The van der Waals surface area contributed by atoms with Crippen LogP contribution >= 0.6 is 0 Å². The van der Waals surface area contributed by atoms with Gasteiger partial charge in [-0.15, -0.1) is 0 Å². The van der Waals surface area contributed by atoms with Crippen molar-refractivity contribution in [2.24, 2.45) is 34.0 Å². The minimum absolute atomic E-state index is 0.0471. The van der Waals surface area contributed by atoms with E-state index in [-0.39, 0.29) is 35.2 Å². The zero-order valence-corrected chi connectivity index (χ0v) is 22.9. The molecule has 6 fully saturated rings. The fourth-order valence-electron chi connectivity index (χ4n) is 10.1. The summed E-state index contributed by atoms with van der Waals surface area (Å²) in [6.45, 7) is 15.7. The lowest BCUT2D eigenvalue weighted by Crippen LogP contribution is -2.87. The maximum Gasteiger partial charge on any atom is 0.213 e. The van der Waals surface area contributed by atoms with Crippen molar-refractivity contribution in [3.8, 4) is 0 Å². The highest BCUT2D eigenvalue weighted by Crippen LogP contribution is 2.80. The number of carbonyl (C=O) groups is 1. The van der Waals surface area contributed by atoms with Crippen LogP contribution in [0.2, 0.25) is 0 Å². The summed E-state index contributed by atoms with van der Waals surface area (Å²) in [6.07, 6.45) is 4.53. The first-order valence-electron chi connectivity index (χ1n) is 14.4. The van der Waals surface area contributed by atoms with E-state index in [0.717, 1.165) is 50.7 Å². The Labute approximate surface area is 219 Å². The van der Waals surface area contributed by atoms with E-state index in [4.69, 9.17) is 23.7 Å². The van der Waals surface area contributed by atoms with Crippen molar-refractivity contribution in [2.75, 3.05) is 13.2 Å². The molecule has 9 atom stereocenters. The van der Waals surface area contributed by atoms with Crippen molar-refractivity contribution in [2.45, 2.75) is 110 Å². The summed E-state index contributed by atoms with van der Waals surface area (Å²) in [5, 5.41) is 12.4. The number of allylic oxidation sites excluding steroid dienone is 1. The predicted molar refractivity (Wildman–Crippen MR) is 134 cm³/mol. The van der Waals surface area contributed by atoms with E-state index in [1.54, 1.807) is 0 Å². The van der Waals surface area contributed by atoms with Gasteiger partial charge in [0.2, 0.25) is 5.79 Å². The minimum atomic E-state index is -1.47. The SMILES string of the molecule is C=C1C(=O)[C@@]23[C@@H]4OC(C)(C)OC25OC[C@]2(C6=C(CC[C@@H](OCCCC)O6)CC(C)(C)[C@H]2[C@@H]5O)[C@@H]3CC[C@@H]14. The Hall–Kier alpha value is -1.25. The van der Waals surface area contributed by atoms with Gasteiger partial charge >= 0.3 is 0 Å². The first kappa shape index (κ1) is 24.8. The smallest absolute Gasteiger partial charge is 0.213 e. The molecule has 3 saturated carbocycles. The maximum atomic E-state index is 14.4. The van der Waals surface area contributed by atoms with Crippen LogP contribution in [0.1, 0.15) is 79.6 Å². The van der Waals surface area contributed by atoms with E-state index in [1.807, 2.05) is 13.8 Å². The Morgan fingerprint density at radius 2 is 1.95 bits per heavy atom. The van der Waals surface area contributed by atoms with Crippen molar-refractivity contribution in [3.63, 3.8) is 0 Å². The topological polar surface area (TPSA) is 83.5 Å². The van der Waals surface area contributed by atoms with Gasteiger partial charge in [0.05, 0.1) is 24.7 Å². The van der Waals surface area contributed by atoms with Crippen LogP contribution in [0.25, 0.3) is 0 Å². The van der Waals surface area contributed by atoms with E-state index < -0.39 is 34.6 Å². The molecule has 0 aromatic carbocycles. The number of hydrogen-bond acceptors (Lipinski definition) is 7. The molecule has 0 aromatic heterocycles. The molecule has 1 N–H and O–H groups in total. The number of unbranched alkanes of at least 4 members (excludes halogenated alkanes) is 1. The lowest BCUT2D eigenvalue weighted by Gasteiger charge is -2.77. The molecule has 0 amide bonds. The van der Waals surface area contributed by atoms with E-state index in [9.17, 15) is 9.90 Å². The van der Waals surface area contributed by atoms with Gasteiger partial charge < -0.3 is 28.8 Å². The van der Waals surface area contributed by atoms with Crippen LogP contribution in [0.4, 0.5) is 0 Å². The number of aliphatic hydroxyl groups is 1. The molecule has 8 aliphatic rings. The van der Waals surface area contributed by atoms with Gasteiger partial charge in [-0.1, -0.05) is 33.8 Å². The van der Waals surface area contributed by atoms with Crippen molar-refractivity contribution >= 4 is 5.78 Å². The van der Waals surface area contributed by atoms with Gasteiger partial charge in [-0.2, -0.15) is 0 Å². The number of ketones is 1. The number of Topliss-reactive ketones (excluding diaryl/α,β-unsaturated/α-hetero) is 1. The molecule has 8 rings (SSSR count). The average Bonchev–Trinajstić information content (AvgIpc) is 2.94. The molecule has 3 spiro atoms. The van der Waals surface area contributed by atoms with Crippen molar-refractivity contribution in [3.05, 3.63) is 23.5 Å². The summed E-state index contributed by atoms with van der Waals surface area (Å²) in [5.41, 5.74) is -0.130. The summed E-state index contributed by atoms with van der Waals surface area (Å²) in [6, 6.07) is 0. The monoisotopic (exact) mass is 514 g/mol. The minimum Gasteiger partial charge on any atom is -0.469 e. The fraction of sp³-hybridized carbons (Fsp3) is 0.833. The first-order chi connectivity index (χ1) is 17.5. The largest absolute Gasteiger partial charge is 0.469 e. The summed E-state index contributed by atoms with van der Waals surface area (Å²) < 4.78 is 33.0. The van der Waals surface area contributed by atoms with Crippen molar-refractivity contribution < 1.29 is 33.6 Å². The number of carbonyl (C=O) groups excluding carboxylic acids is 1. The standard InChI is InChI=1S/C30H42O7/c1-7-8-13-33-20-12-9-17-14-26(3,4)21-23(32)30-29-19(28(21,15-34-30)24(17)35-20)11-10-18(16(2)22(29)31)25(29)36-27(5,6)37-30/h18-21,23,25,32H,2,7-15H2,1,3-6H3/t18-,19-,20-,21+,23-,25+,28-,29-,30?/m0/s1. The Balaban J connectivity index is 1.43. The third-order valence-corrected chi connectivity index (χ3v) is 11.0. The van der Waals surface area contributed by atoms with E-state index >= 15 is 0 Å². The Morgan fingerprint density at radius 1 is 1.16 bits per heavy atom. The summed E-state index contributed by atoms with van der Waals surface area (Å²) in [5.74, 6) is -2.00. The molecule has 204 valence electrons. The predicted octanol–water partition coefficient (Wildman–Crippen LogP) is 4.63. The van der Waals surface area contributed by atoms with E-state index in [1.165, 1.54) is 5.57 Å². The van der Waals surface area contributed by atoms with Gasteiger partial charge in [0.25, 0.3) is 0 Å². The lowest BCUT2D eigenvalue weighted by molar-refractivity contribution is -0.527. The second-order valence-electron chi connectivity index (χ2n) is 13.8. The van der Waals surface area contributed by atoms with Crippen molar-refractivity contribution in [1.29, 1.82) is 0 Å². The van der Waals surface area contributed by atoms with Crippen LogP contribution in [0, 0.1) is 34.0 Å². The van der Waals surface area contributed by atoms with Gasteiger partial charge in [0.15, 0.2) is 17.9 Å². The molecule has 4 bridgehead atoms. The molecule has 4 heterocycles. The molecule has 3 saturated heterocycles. The number of ether oxygens (including phenoxy) is 5. The highest BCUT2D eigenvalue weighted by molar-refractivity contribution is 6.05. The van der Waals surface area contributed by atoms with Crippen LogP contribution in [0.5, 0.6) is 0 Å². The Morgan fingerprint density at radius 3 is 2.70 bits per heavy atom. The van der Waals surface area contributed by atoms with Gasteiger partial charge in [0.1, 0.15) is 17.3 Å². The van der Waals surface area contributed by atoms with Gasteiger partial charge in [-0.25, -0.2) is 0 Å². The Bertz CT molecular complexity index is 1090. The van der Waals surface area contributed by atoms with E-state index in [0.29, 0.717) is 18.8 Å². The third-order valence-electron chi connectivity index (χ3n) is 11.0. The Kier molecular flexibility index (Phi) is 5.01. The molecule has 4 aliphatic carbocycles. The molecule has 4 aliphatic heterocycles. The summed E-state index contributed by atoms with van der Waals surface area (Å²) >= 11 is 0. The molecule has 1 unspecified atom stereocenters. The molecule has 7 nitrogen and oxygen atoms in total. The van der Waals surface area contributed by atoms with Crippen molar-refractivity contribution in [1.82, 2.24) is 0 Å². The van der Waals surface area contributed by atoms with Crippen LogP contribution in [0.15, 0.2) is 23.5 Å². The zero-order valence-electron chi connectivity index (χ0n) is 22.9. The number of aliphatic hydroxyl groups excluding tert-OH is 1. The van der Waals surface area contributed by atoms with Crippen LogP contribution < -0.4 is 0 Å². The van der Waals surface area contributed by atoms with Crippen LogP contribution in [-0.2, 0) is 28.5 Å². The lowest BCUT2D eigenvalue weighted by atomic mass is 9.36. The number of rotatable bonds is 4. The van der Waals surface area contributed by atoms with Crippen LogP contribution in [-0.4, -0.2) is 54.2 Å². The zero-order chi connectivity index (χ0) is 26.2. The number of fused-ring (bicyclic) bond motifs is 1. The normalized spacial score (nSPS) is 50.3. The highest BCUT2D eigenvalue weighted by Gasteiger charge is 2.90. The quantitative estimate of drug-likeness (QED) is 0.433. The fourth-order valence-corrected chi connectivity index (χ4v) is 10.1. The van der Waals surface area contributed by atoms with Crippen LogP contribution in [0.3, 0.4) is 0 Å².